The minimum atomic E-state index is -3.70. The van der Waals surface area contributed by atoms with Crippen LogP contribution in [0.25, 0.3) is 0 Å². The zero-order valence-electron chi connectivity index (χ0n) is 16.8. The molecule has 0 radical (unpaired) electrons. The lowest BCUT2D eigenvalue weighted by atomic mass is 9.84. The van der Waals surface area contributed by atoms with Crippen molar-refractivity contribution >= 4 is 27.5 Å². The molecule has 1 aromatic heterocycles. The summed E-state index contributed by atoms with van der Waals surface area (Å²) >= 11 is 0. The normalized spacial score (nSPS) is 19.1. The van der Waals surface area contributed by atoms with E-state index in [1.807, 2.05) is 6.07 Å². The van der Waals surface area contributed by atoms with Gasteiger partial charge >= 0.3 is 6.03 Å². The van der Waals surface area contributed by atoms with Crippen molar-refractivity contribution in [1.82, 2.24) is 15.0 Å². The largest absolute Gasteiger partial charge is 0.334 e. The number of aromatic nitrogens is 1. The van der Waals surface area contributed by atoms with Crippen molar-refractivity contribution in [3.8, 4) is 0 Å². The van der Waals surface area contributed by atoms with Crippen molar-refractivity contribution in [1.29, 1.82) is 0 Å². The molecule has 3 N–H and O–H groups in total. The van der Waals surface area contributed by atoms with E-state index in [1.54, 1.807) is 25.4 Å². The number of nitrogens with zero attached hydrogens (tertiary/aromatic N) is 1. The Bertz CT molecular complexity index is 978. The molecule has 1 fully saturated rings. The summed E-state index contributed by atoms with van der Waals surface area (Å²) in [6.07, 6.45) is 6.22. The Morgan fingerprint density at radius 2 is 1.90 bits per heavy atom. The van der Waals surface area contributed by atoms with Crippen LogP contribution in [0.15, 0.2) is 53.7 Å². The van der Waals surface area contributed by atoms with Gasteiger partial charge in [0.15, 0.2) is 0 Å². The number of pyridine rings is 1. The van der Waals surface area contributed by atoms with E-state index in [0.29, 0.717) is 18.7 Å². The topological polar surface area (TPSA) is 117 Å². The van der Waals surface area contributed by atoms with Gasteiger partial charge in [0, 0.05) is 36.6 Å². The number of carbonyl (C=O) groups is 2. The number of nitrogens with one attached hydrogen (secondary N) is 3. The molecule has 1 aromatic carbocycles. The highest BCUT2D eigenvalue weighted by Gasteiger charge is 2.28. The van der Waals surface area contributed by atoms with Crippen molar-refractivity contribution in [2.75, 3.05) is 5.32 Å². The fourth-order valence-electron chi connectivity index (χ4n) is 3.53. The number of urea groups is 1. The first-order valence-corrected chi connectivity index (χ1v) is 11.4. The van der Waals surface area contributed by atoms with Gasteiger partial charge in [0.25, 0.3) is 0 Å². The third kappa shape index (κ3) is 6.11. The Morgan fingerprint density at radius 3 is 2.57 bits per heavy atom. The molecule has 9 heteroatoms. The van der Waals surface area contributed by atoms with Gasteiger partial charge in [0.05, 0.1) is 4.90 Å². The number of amides is 2. The Hall–Kier alpha value is -2.78. The number of hydrogen-bond donors (Lipinski definition) is 3. The summed E-state index contributed by atoms with van der Waals surface area (Å²) in [7, 11) is -3.70. The van der Waals surface area contributed by atoms with Crippen molar-refractivity contribution in [3.05, 3.63) is 54.4 Å². The van der Waals surface area contributed by atoms with Crippen molar-refractivity contribution in [2.24, 2.45) is 5.92 Å². The molecule has 0 spiro atoms. The molecule has 2 atom stereocenters. The zero-order chi connectivity index (χ0) is 21.6. The summed E-state index contributed by atoms with van der Waals surface area (Å²) in [5, 5.41) is 5.38. The van der Waals surface area contributed by atoms with Gasteiger partial charge in [-0.25, -0.2) is 17.9 Å². The van der Waals surface area contributed by atoms with Crippen LogP contribution in [0.1, 0.15) is 38.2 Å². The number of anilines is 1. The lowest BCUT2D eigenvalue weighted by molar-refractivity contribution is -0.121. The average Bonchev–Trinajstić information content (AvgIpc) is 2.73. The Labute approximate surface area is 176 Å². The number of sulfonamides is 1. The fraction of sp³-hybridized carbons (Fsp3) is 0.381. The standard InChI is InChI=1S/C21H26N4O4S/c1-15(26)17-5-2-6-19(12-17)25-30(28,29)20-9-7-18(8-10-20)24-21(27)23-14-16-4-3-11-22-13-16/h3-4,7-11,13,17,19,25H,2,5-6,12,14H2,1H3,(H2,23,24,27). The number of Topliss-reactive ketones (excluding diaryl/α,β-unsaturated/α-hetero) is 1. The maximum Gasteiger partial charge on any atom is 0.319 e. The Balaban J connectivity index is 1.55. The lowest BCUT2D eigenvalue weighted by Gasteiger charge is -2.28. The monoisotopic (exact) mass is 430 g/mol. The number of rotatable bonds is 7. The van der Waals surface area contributed by atoms with E-state index < -0.39 is 16.1 Å². The first kappa shape index (κ1) is 21.9. The summed E-state index contributed by atoms with van der Waals surface area (Å²) in [6.45, 7) is 1.89. The van der Waals surface area contributed by atoms with Crippen LogP contribution >= 0.6 is 0 Å². The van der Waals surface area contributed by atoms with Crippen molar-refractivity contribution in [3.63, 3.8) is 0 Å². The van der Waals surface area contributed by atoms with Gasteiger partial charge in [-0.1, -0.05) is 12.5 Å². The first-order chi connectivity index (χ1) is 14.3. The molecule has 0 bridgehead atoms. The van der Waals surface area contributed by atoms with E-state index >= 15 is 0 Å². The van der Waals surface area contributed by atoms with Crippen molar-refractivity contribution < 1.29 is 18.0 Å². The maximum absolute atomic E-state index is 12.7. The summed E-state index contributed by atoms with van der Waals surface area (Å²) in [4.78, 5) is 27.7. The van der Waals surface area contributed by atoms with E-state index in [0.717, 1.165) is 24.8 Å². The third-order valence-corrected chi connectivity index (χ3v) is 6.71. The molecule has 2 aromatic rings. The summed E-state index contributed by atoms with van der Waals surface area (Å²) < 4.78 is 28.0. The SMILES string of the molecule is CC(=O)C1CCCC(NS(=O)(=O)c2ccc(NC(=O)NCc3cccnc3)cc2)C1. The molecule has 1 aliphatic rings. The molecule has 30 heavy (non-hydrogen) atoms. The smallest absolute Gasteiger partial charge is 0.319 e. The second kappa shape index (κ2) is 9.82. The molecule has 1 saturated carbocycles. The zero-order valence-corrected chi connectivity index (χ0v) is 17.6. The summed E-state index contributed by atoms with van der Waals surface area (Å²) in [5.41, 5.74) is 1.35. The molecule has 2 amide bonds. The highest BCUT2D eigenvalue weighted by atomic mass is 32.2. The Kier molecular flexibility index (Phi) is 7.17. The van der Waals surface area contributed by atoms with Gasteiger partial charge in [-0.05, 0) is 62.1 Å². The van der Waals surface area contributed by atoms with Crippen LogP contribution in [0.2, 0.25) is 0 Å². The van der Waals surface area contributed by atoms with Crippen LogP contribution in [-0.2, 0) is 21.4 Å². The first-order valence-electron chi connectivity index (χ1n) is 9.90. The molecular formula is C21H26N4O4S. The van der Waals surface area contributed by atoms with Crippen LogP contribution in [0.5, 0.6) is 0 Å². The van der Waals surface area contributed by atoms with Gasteiger partial charge in [-0.2, -0.15) is 0 Å². The fourth-order valence-corrected chi connectivity index (χ4v) is 4.81. The Morgan fingerprint density at radius 1 is 1.13 bits per heavy atom. The molecular weight excluding hydrogens is 404 g/mol. The number of hydrogen-bond acceptors (Lipinski definition) is 5. The van der Waals surface area contributed by atoms with E-state index in [9.17, 15) is 18.0 Å². The van der Waals surface area contributed by atoms with Gasteiger partial charge < -0.3 is 10.6 Å². The van der Waals surface area contributed by atoms with Crippen molar-refractivity contribution in [2.45, 2.75) is 50.1 Å². The minimum Gasteiger partial charge on any atom is -0.334 e. The summed E-state index contributed by atoms with van der Waals surface area (Å²) in [6, 6.07) is 8.98. The van der Waals surface area contributed by atoms with E-state index in [1.165, 1.54) is 24.3 Å². The van der Waals surface area contributed by atoms with Gasteiger partial charge in [-0.3, -0.25) is 9.78 Å². The molecule has 0 saturated heterocycles. The highest BCUT2D eigenvalue weighted by molar-refractivity contribution is 7.89. The van der Waals surface area contributed by atoms with Gasteiger partial charge in [-0.15, -0.1) is 0 Å². The average molecular weight is 431 g/mol. The second-order valence-corrected chi connectivity index (χ2v) is 9.20. The molecule has 160 valence electrons. The van der Waals surface area contributed by atoms with Crippen LogP contribution in [0.3, 0.4) is 0 Å². The number of ketones is 1. The maximum atomic E-state index is 12.7. The van der Waals surface area contributed by atoms with E-state index in [4.69, 9.17) is 0 Å². The quantitative estimate of drug-likeness (QED) is 0.624. The van der Waals surface area contributed by atoms with E-state index in [2.05, 4.69) is 20.3 Å². The highest BCUT2D eigenvalue weighted by Crippen LogP contribution is 2.26. The minimum absolute atomic E-state index is 0.0804. The number of carbonyl (C=O) groups excluding carboxylic acids is 2. The predicted molar refractivity (Wildman–Crippen MR) is 113 cm³/mol. The molecule has 1 aliphatic carbocycles. The predicted octanol–water partition coefficient (Wildman–Crippen LogP) is 2.83. The molecule has 3 rings (SSSR count). The lowest BCUT2D eigenvalue weighted by Crippen LogP contribution is -2.39. The number of benzene rings is 1. The molecule has 2 unspecified atom stereocenters. The van der Waals surface area contributed by atoms with Gasteiger partial charge in [0.1, 0.15) is 5.78 Å². The van der Waals surface area contributed by atoms with Crippen LogP contribution in [-0.4, -0.2) is 31.3 Å². The van der Waals surface area contributed by atoms with Crippen LogP contribution in [0.4, 0.5) is 10.5 Å². The third-order valence-electron chi connectivity index (χ3n) is 5.17. The van der Waals surface area contributed by atoms with E-state index in [-0.39, 0.29) is 22.6 Å². The summed E-state index contributed by atoms with van der Waals surface area (Å²) in [5.74, 6) is 0.0272. The second-order valence-electron chi connectivity index (χ2n) is 7.49. The molecule has 1 heterocycles. The molecule has 8 nitrogen and oxygen atoms in total. The van der Waals surface area contributed by atoms with Crippen LogP contribution in [0, 0.1) is 5.92 Å². The molecule has 0 aliphatic heterocycles. The van der Waals surface area contributed by atoms with Crippen LogP contribution < -0.4 is 15.4 Å². The van der Waals surface area contributed by atoms with Gasteiger partial charge in [0.2, 0.25) is 10.0 Å².